The molecule has 0 radical (unpaired) electrons. The van der Waals surface area contributed by atoms with Gasteiger partial charge < -0.3 is 10.0 Å². The van der Waals surface area contributed by atoms with Gasteiger partial charge in [-0.3, -0.25) is 4.79 Å². The third kappa shape index (κ3) is 3.73. The van der Waals surface area contributed by atoms with Gasteiger partial charge in [0.1, 0.15) is 0 Å². The van der Waals surface area contributed by atoms with Crippen LogP contribution in [0.25, 0.3) is 11.1 Å². The van der Waals surface area contributed by atoms with Crippen molar-refractivity contribution >= 4 is 11.9 Å². The molecule has 0 bridgehead atoms. The Bertz CT molecular complexity index is 660. The maximum absolute atomic E-state index is 11.6. The molecule has 0 aliphatic heterocycles. The van der Waals surface area contributed by atoms with Crippen LogP contribution in [0, 0.1) is 0 Å². The van der Waals surface area contributed by atoms with Crippen LogP contribution in [0.5, 0.6) is 0 Å². The molecule has 2 rings (SSSR count). The molecular weight excluding hydrogens is 278 g/mol. The van der Waals surface area contributed by atoms with Crippen molar-refractivity contribution in [3.63, 3.8) is 0 Å². The van der Waals surface area contributed by atoms with Crippen LogP contribution in [0.2, 0.25) is 0 Å². The van der Waals surface area contributed by atoms with Gasteiger partial charge in [-0.15, -0.1) is 0 Å². The van der Waals surface area contributed by atoms with Gasteiger partial charge in [0.2, 0.25) is 5.91 Å². The van der Waals surface area contributed by atoms with Crippen LogP contribution in [0.4, 0.5) is 0 Å². The highest BCUT2D eigenvalue weighted by Gasteiger charge is 2.07. The monoisotopic (exact) mass is 297 g/mol. The molecule has 0 atom stereocenters. The Morgan fingerprint density at radius 1 is 0.955 bits per heavy atom. The van der Waals surface area contributed by atoms with Crippen molar-refractivity contribution in [2.45, 2.75) is 19.9 Å². The third-order valence-corrected chi connectivity index (χ3v) is 3.57. The third-order valence-electron chi connectivity index (χ3n) is 3.57. The van der Waals surface area contributed by atoms with E-state index in [9.17, 15) is 9.59 Å². The Morgan fingerprint density at radius 3 is 1.91 bits per heavy atom. The first-order chi connectivity index (χ1) is 10.5. The summed E-state index contributed by atoms with van der Waals surface area (Å²) in [5, 5.41) is 8.90. The number of carboxylic acids is 1. The molecule has 0 spiro atoms. The number of carboxylic acid groups (broad SMARTS) is 1. The molecule has 0 fully saturated rings. The van der Waals surface area contributed by atoms with Gasteiger partial charge in [-0.05, 0) is 28.8 Å². The molecule has 2 aromatic carbocycles. The molecule has 0 aliphatic carbocycles. The fraction of sp³-hybridized carbons (Fsp3) is 0.222. The van der Waals surface area contributed by atoms with E-state index in [1.807, 2.05) is 31.2 Å². The first-order valence-corrected chi connectivity index (χ1v) is 7.18. The highest BCUT2D eigenvalue weighted by atomic mass is 16.4. The molecule has 22 heavy (non-hydrogen) atoms. The summed E-state index contributed by atoms with van der Waals surface area (Å²) < 4.78 is 0. The van der Waals surface area contributed by atoms with Gasteiger partial charge in [-0.25, -0.2) is 4.79 Å². The minimum Gasteiger partial charge on any atom is -0.478 e. The molecule has 114 valence electrons. The van der Waals surface area contributed by atoms with Gasteiger partial charge in [0.25, 0.3) is 0 Å². The normalized spacial score (nSPS) is 10.3. The fourth-order valence-corrected chi connectivity index (χ4v) is 2.24. The zero-order valence-corrected chi connectivity index (χ0v) is 12.7. The Kier molecular flexibility index (Phi) is 4.94. The summed E-state index contributed by atoms with van der Waals surface area (Å²) in [7, 11) is 1.80. The lowest BCUT2D eigenvalue weighted by atomic mass is 10.0. The Labute approximate surface area is 130 Å². The minimum atomic E-state index is -0.925. The van der Waals surface area contributed by atoms with E-state index < -0.39 is 5.97 Å². The lowest BCUT2D eigenvalue weighted by Gasteiger charge is -2.16. The number of benzene rings is 2. The van der Waals surface area contributed by atoms with Gasteiger partial charge in [0, 0.05) is 20.0 Å². The maximum Gasteiger partial charge on any atom is 0.335 e. The number of hydrogen-bond donors (Lipinski definition) is 1. The van der Waals surface area contributed by atoms with Crippen LogP contribution in [0.15, 0.2) is 48.5 Å². The van der Waals surface area contributed by atoms with Crippen LogP contribution >= 0.6 is 0 Å². The molecule has 0 unspecified atom stereocenters. The van der Waals surface area contributed by atoms with Crippen molar-refractivity contribution < 1.29 is 14.7 Å². The standard InChI is InChI=1S/C18H19NO3/c1-3-17(20)19(2)12-13-4-6-14(7-5-13)15-8-10-16(11-9-15)18(21)22/h4-11H,3,12H2,1-2H3,(H,21,22). The lowest BCUT2D eigenvalue weighted by Crippen LogP contribution is -2.25. The highest BCUT2D eigenvalue weighted by Crippen LogP contribution is 2.21. The minimum absolute atomic E-state index is 0.119. The first-order valence-electron chi connectivity index (χ1n) is 7.18. The van der Waals surface area contributed by atoms with E-state index in [0.717, 1.165) is 16.7 Å². The number of rotatable bonds is 5. The number of hydrogen-bond acceptors (Lipinski definition) is 2. The summed E-state index contributed by atoms with van der Waals surface area (Å²) in [5.41, 5.74) is 3.33. The van der Waals surface area contributed by atoms with E-state index >= 15 is 0 Å². The summed E-state index contributed by atoms with van der Waals surface area (Å²) in [6, 6.07) is 14.7. The second kappa shape index (κ2) is 6.89. The molecule has 1 amide bonds. The van der Waals surface area contributed by atoms with E-state index in [1.54, 1.807) is 36.2 Å². The molecule has 4 heteroatoms. The summed E-state index contributed by atoms with van der Waals surface area (Å²) in [4.78, 5) is 24.1. The number of carbonyl (C=O) groups excluding carboxylic acids is 1. The molecule has 0 saturated carbocycles. The van der Waals surface area contributed by atoms with Crippen LogP contribution in [0.1, 0.15) is 29.3 Å². The van der Waals surface area contributed by atoms with Gasteiger partial charge in [-0.2, -0.15) is 0 Å². The number of nitrogens with zero attached hydrogens (tertiary/aromatic N) is 1. The largest absolute Gasteiger partial charge is 0.478 e. The fourth-order valence-electron chi connectivity index (χ4n) is 2.24. The van der Waals surface area contributed by atoms with Crippen LogP contribution in [-0.4, -0.2) is 28.9 Å². The molecule has 0 saturated heterocycles. The van der Waals surface area contributed by atoms with Crippen molar-refractivity contribution in [3.8, 4) is 11.1 Å². The molecular formula is C18H19NO3. The zero-order valence-electron chi connectivity index (χ0n) is 12.7. The second-order valence-electron chi connectivity index (χ2n) is 5.18. The number of carbonyl (C=O) groups is 2. The van der Waals surface area contributed by atoms with Crippen molar-refractivity contribution in [3.05, 3.63) is 59.7 Å². The number of amides is 1. The van der Waals surface area contributed by atoms with Crippen LogP contribution in [-0.2, 0) is 11.3 Å². The first kappa shape index (κ1) is 15.8. The maximum atomic E-state index is 11.6. The van der Waals surface area contributed by atoms with E-state index in [4.69, 9.17) is 5.11 Å². The quantitative estimate of drug-likeness (QED) is 0.920. The topological polar surface area (TPSA) is 57.6 Å². The van der Waals surface area contributed by atoms with Crippen molar-refractivity contribution in [2.24, 2.45) is 0 Å². The van der Waals surface area contributed by atoms with Crippen molar-refractivity contribution in [1.82, 2.24) is 4.90 Å². The zero-order chi connectivity index (χ0) is 16.1. The average Bonchev–Trinajstić information content (AvgIpc) is 2.54. The smallest absolute Gasteiger partial charge is 0.335 e. The molecule has 1 N–H and O–H groups in total. The van der Waals surface area contributed by atoms with Crippen molar-refractivity contribution in [2.75, 3.05) is 7.05 Å². The van der Waals surface area contributed by atoms with Crippen LogP contribution in [0.3, 0.4) is 0 Å². The van der Waals surface area contributed by atoms with Gasteiger partial charge in [0.15, 0.2) is 0 Å². The van der Waals surface area contributed by atoms with E-state index in [0.29, 0.717) is 13.0 Å². The number of aromatic carboxylic acids is 1. The van der Waals surface area contributed by atoms with Gasteiger partial charge in [-0.1, -0.05) is 43.3 Å². The average molecular weight is 297 g/mol. The Hall–Kier alpha value is -2.62. The van der Waals surface area contributed by atoms with E-state index in [2.05, 4.69) is 0 Å². The summed E-state index contributed by atoms with van der Waals surface area (Å²) >= 11 is 0. The molecule has 2 aromatic rings. The van der Waals surface area contributed by atoms with Gasteiger partial charge in [0.05, 0.1) is 5.56 Å². The summed E-state index contributed by atoms with van der Waals surface area (Å²) in [6.45, 7) is 2.44. The predicted molar refractivity (Wildman–Crippen MR) is 85.6 cm³/mol. The molecule has 0 aliphatic rings. The van der Waals surface area contributed by atoms with E-state index in [-0.39, 0.29) is 11.5 Å². The molecule has 4 nitrogen and oxygen atoms in total. The van der Waals surface area contributed by atoms with Crippen molar-refractivity contribution in [1.29, 1.82) is 0 Å². The second-order valence-corrected chi connectivity index (χ2v) is 5.18. The van der Waals surface area contributed by atoms with Crippen LogP contribution < -0.4 is 0 Å². The Balaban J connectivity index is 2.11. The highest BCUT2D eigenvalue weighted by molar-refractivity contribution is 5.88. The predicted octanol–water partition coefficient (Wildman–Crippen LogP) is 3.42. The molecule has 0 aromatic heterocycles. The van der Waals surface area contributed by atoms with E-state index in [1.165, 1.54) is 0 Å². The molecule has 0 heterocycles. The summed E-state index contributed by atoms with van der Waals surface area (Å²) in [6.07, 6.45) is 0.504. The Morgan fingerprint density at radius 2 is 1.45 bits per heavy atom. The van der Waals surface area contributed by atoms with Gasteiger partial charge >= 0.3 is 5.97 Å². The summed E-state index contributed by atoms with van der Waals surface area (Å²) in [5.74, 6) is -0.807. The lowest BCUT2D eigenvalue weighted by molar-refractivity contribution is -0.130. The SMILES string of the molecule is CCC(=O)N(C)Cc1ccc(-c2ccc(C(=O)O)cc2)cc1.